The van der Waals surface area contributed by atoms with Crippen molar-refractivity contribution >= 4 is 50.1 Å². The topological polar surface area (TPSA) is 76.8 Å². The minimum Gasteiger partial charge on any atom is -0.461 e. The highest BCUT2D eigenvalue weighted by atomic mass is 35.5. The predicted molar refractivity (Wildman–Crippen MR) is 118 cm³/mol. The fourth-order valence-corrected chi connectivity index (χ4v) is 5.54. The quantitative estimate of drug-likeness (QED) is 0.457. The number of halogens is 2. The van der Waals surface area contributed by atoms with Crippen LogP contribution in [0.1, 0.15) is 32.1 Å². The molecule has 0 N–H and O–H groups in total. The van der Waals surface area contributed by atoms with Crippen molar-refractivity contribution in [2.45, 2.75) is 49.1 Å². The van der Waals surface area contributed by atoms with E-state index in [2.05, 4.69) is 0 Å². The predicted octanol–water partition coefficient (Wildman–Crippen LogP) is 5.87. The number of furan rings is 1. The molecule has 0 bridgehead atoms. The maximum Gasteiger partial charge on any atom is 0.410 e. The molecule has 3 aromatic rings. The first-order valence-electron chi connectivity index (χ1n) is 9.67. The first kappa shape index (κ1) is 22.0. The van der Waals surface area contributed by atoms with Crippen LogP contribution >= 0.6 is 23.2 Å². The fraction of sp³-hybridized carbons (Fsp3) is 0.318. The average Bonchev–Trinajstić information content (AvgIpc) is 3.03. The number of carbonyl (C=O) groups excluding carboxylic acids is 1. The number of rotatable bonds is 2. The molecule has 2 heterocycles. The number of fused-ring (bicyclic) bond motifs is 3. The Labute approximate surface area is 190 Å². The second-order valence-electron chi connectivity index (χ2n) is 8.42. The summed E-state index contributed by atoms with van der Waals surface area (Å²) < 4.78 is 37.7. The van der Waals surface area contributed by atoms with E-state index >= 15 is 0 Å². The molecule has 0 aliphatic carbocycles. The Morgan fingerprint density at radius 1 is 1.06 bits per heavy atom. The number of nitrogens with zero attached hydrogens (tertiary/aromatic N) is 1. The first-order valence-corrected chi connectivity index (χ1v) is 11.9. The number of benzene rings is 2. The second-order valence-corrected chi connectivity index (χ2v) is 11.2. The molecule has 1 amide bonds. The lowest BCUT2D eigenvalue weighted by atomic mass is 10.1. The van der Waals surface area contributed by atoms with Gasteiger partial charge in [-0.15, -0.1) is 0 Å². The van der Waals surface area contributed by atoms with E-state index in [0.29, 0.717) is 23.9 Å². The van der Waals surface area contributed by atoms with E-state index < -0.39 is 21.5 Å². The van der Waals surface area contributed by atoms with Crippen LogP contribution in [-0.2, 0) is 27.5 Å². The fourth-order valence-electron chi connectivity index (χ4n) is 3.53. The number of hydrogen-bond acceptors (Lipinski definition) is 5. The van der Waals surface area contributed by atoms with E-state index in [9.17, 15) is 13.2 Å². The Morgan fingerprint density at radius 3 is 2.39 bits per heavy atom. The van der Waals surface area contributed by atoms with Crippen molar-refractivity contribution < 1.29 is 22.4 Å². The van der Waals surface area contributed by atoms with E-state index in [4.69, 9.17) is 32.4 Å². The molecule has 4 rings (SSSR count). The summed E-state index contributed by atoms with van der Waals surface area (Å²) in [7, 11) is -3.85. The maximum atomic E-state index is 13.2. The van der Waals surface area contributed by atoms with Crippen LogP contribution in [0.15, 0.2) is 50.6 Å². The summed E-state index contributed by atoms with van der Waals surface area (Å²) in [6.45, 7) is 6.18. The molecular formula is C22H21Cl2NO5S. The molecule has 31 heavy (non-hydrogen) atoms. The molecule has 1 aliphatic rings. The standard InChI is InChI=1S/C22H21Cl2NO5S/c1-22(2,3)30-21(26)25-7-6-20-18(12-25)17-11-15(4-5-19(17)29-20)31(27,28)16-9-13(23)8-14(24)10-16/h4-5,8-11H,6-7,12H2,1-3H3. The van der Waals surface area contributed by atoms with E-state index in [1.165, 1.54) is 24.3 Å². The Kier molecular flexibility index (Phi) is 5.48. The van der Waals surface area contributed by atoms with Crippen molar-refractivity contribution in [2.75, 3.05) is 6.54 Å². The summed E-state index contributed by atoms with van der Waals surface area (Å²) >= 11 is 12.0. The van der Waals surface area contributed by atoms with Crippen molar-refractivity contribution in [2.24, 2.45) is 0 Å². The SMILES string of the molecule is CC(C)(C)OC(=O)N1CCc2oc3ccc(S(=O)(=O)c4cc(Cl)cc(Cl)c4)cc3c2C1. The summed E-state index contributed by atoms with van der Waals surface area (Å²) in [6, 6.07) is 8.89. The molecule has 9 heteroatoms. The van der Waals surface area contributed by atoms with E-state index in [1.54, 1.807) is 17.0 Å². The van der Waals surface area contributed by atoms with E-state index in [0.717, 1.165) is 11.3 Å². The van der Waals surface area contributed by atoms with Crippen LogP contribution in [0.2, 0.25) is 10.0 Å². The highest BCUT2D eigenvalue weighted by molar-refractivity contribution is 7.91. The monoisotopic (exact) mass is 481 g/mol. The molecule has 2 aromatic carbocycles. The lowest BCUT2D eigenvalue weighted by Gasteiger charge is -2.29. The van der Waals surface area contributed by atoms with Gasteiger partial charge in [0.25, 0.3) is 0 Å². The molecule has 0 saturated heterocycles. The summed E-state index contributed by atoms with van der Waals surface area (Å²) in [5, 5.41) is 1.12. The highest BCUT2D eigenvalue weighted by Crippen LogP contribution is 2.35. The lowest BCUT2D eigenvalue weighted by molar-refractivity contribution is 0.0220. The van der Waals surface area contributed by atoms with Gasteiger partial charge in [-0.2, -0.15) is 0 Å². The summed E-state index contributed by atoms with van der Waals surface area (Å²) in [5.74, 6) is 0.746. The van der Waals surface area contributed by atoms with E-state index in [1.807, 2.05) is 20.8 Å². The van der Waals surface area contributed by atoms with Gasteiger partial charge in [0.05, 0.1) is 16.3 Å². The van der Waals surface area contributed by atoms with Crippen LogP contribution in [0.5, 0.6) is 0 Å². The first-order chi connectivity index (χ1) is 14.4. The van der Waals surface area contributed by atoms with Crippen molar-refractivity contribution in [3.05, 3.63) is 57.8 Å². The van der Waals surface area contributed by atoms with Crippen molar-refractivity contribution in [3.63, 3.8) is 0 Å². The van der Waals surface area contributed by atoms with Gasteiger partial charge in [0, 0.05) is 34.0 Å². The largest absolute Gasteiger partial charge is 0.461 e. The number of carbonyl (C=O) groups is 1. The molecule has 0 radical (unpaired) electrons. The average molecular weight is 482 g/mol. The van der Waals surface area contributed by atoms with Gasteiger partial charge < -0.3 is 14.1 Å². The van der Waals surface area contributed by atoms with Gasteiger partial charge in [-0.3, -0.25) is 0 Å². The number of amides is 1. The second kappa shape index (κ2) is 7.73. The van der Waals surface area contributed by atoms with Crippen LogP contribution in [-0.4, -0.2) is 31.6 Å². The van der Waals surface area contributed by atoms with E-state index in [-0.39, 0.29) is 26.4 Å². The zero-order valence-corrected chi connectivity index (χ0v) is 19.6. The van der Waals surface area contributed by atoms with Crippen molar-refractivity contribution in [3.8, 4) is 0 Å². The normalized spacial score (nSPS) is 14.5. The van der Waals surface area contributed by atoms with Gasteiger partial charge in [-0.1, -0.05) is 23.2 Å². The van der Waals surface area contributed by atoms with Gasteiger partial charge in [0.1, 0.15) is 16.9 Å². The van der Waals surface area contributed by atoms with Gasteiger partial charge in [0.15, 0.2) is 0 Å². The summed E-state index contributed by atoms with van der Waals surface area (Å²) in [4.78, 5) is 14.2. The van der Waals surface area contributed by atoms with Gasteiger partial charge in [-0.25, -0.2) is 13.2 Å². The molecule has 1 aromatic heterocycles. The minimum absolute atomic E-state index is 0.0112. The molecule has 0 unspecified atom stereocenters. The van der Waals surface area contributed by atoms with Crippen LogP contribution in [0.25, 0.3) is 11.0 Å². The molecule has 6 nitrogen and oxygen atoms in total. The third-order valence-electron chi connectivity index (χ3n) is 4.91. The number of sulfone groups is 1. The molecular weight excluding hydrogens is 461 g/mol. The van der Waals surface area contributed by atoms with Crippen LogP contribution < -0.4 is 0 Å². The van der Waals surface area contributed by atoms with Gasteiger partial charge >= 0.3 is 6.09 Å². The van der Waals surface area contributed by atoms with Crippen LogP contribution in [0, 0.1) is 0 Å². The Morgan fingerprint density at radius 2 is 1.74 bits per heavy atom. The molecule has 0 saturated carbocycles. The molecule has 0 fully saturated rings. The Bertz CT molecular complexity index is 1270. The summed E-state index contributed by atoms with van der Waals surface area (Å²) in [6.07, 6.45) is 0.111. The number of ether oxygens (including phenoxy) is 1. The lowest BCUT2D eigenvalue weighted by Crippen LogP contribution is -2.39. The highest BCUT2D eigenvalue weighted by Gasteiger charge is 2.30. The number of hydrogen-bond donors (Lipinski definition) is 0. The van der Waals surface area contributed by atoms with Gasteiger partial charge in [-0.05, 0) is 57.2 Å². The molecule has 0 spiro atoms. The third-order valence-corrected chi connectivity index (χ3v) is 7.08. The minimum atomic E-state index is -3.85. The molecule has 1 aliphatic heterocycles. The Balaban J connectivity index is 1.73. The van der Waals surface area contributed by atoms with Gasteiger partial charge in [0.2, 0.25) is 9.84 Å². The smallest absolute Gasteiger partial charge is 0.410 e. The maximum absolute atomic E-state index is 13.2. The van der Waals surface area contributed by atoms with Crippen LogP contribution in [0.3, 0.4) is 0 Å². The summed E-state index contributed by atoms with van der Waals surface area (Å²) in [5.41, 5.74) is 0.752. The zero-order chi connectivity index (χ0) is 22.6. The van der Waals surface area contributed by atoms with Crippen molar-refractivity contribution in [1.29, 1.82) is 0 Å². The Hall–Kier alpha value is -2.22. The zero-order valence-electron chi connectivity index (χ0n) is 17.2. The van der Waals surface area contributed by atoms with Crippen LogP contribution in [0.4, 0.5) is 4.79 Å². The molecule has 0 atom stereocenters. The van der Waals surface area contributed by atoms with Crippen molar-refractivity contribution in [1.82, 2.24) is 4.90 Å². The third kappa shape index (κ3) is 4.40. The molecule has 164 valence electrons.